The minimum absolute atomic E-state index is 0.00655. The molecular formula is C8H7F3INO2. The number of pyridine rings is 1. The molecule has 0 unspecified atom stereocenters. The number of halogens is 4. The lowest BCUT2D eigenvalue weighted by molar-refractivity contribution is -0.138. The summed E-state index contributed by atoms with van der Waals surface area (Å²) >= 11 is 1.55. The van der Waals surface area contributed by atoms with Gasteiger partial charge in [-0.25, -0.2) is 4.98 Å². The van der Waals surface area contributed by atoms with Gasteiger partial charge in [-0.3, -0.25) is 0 Å². The molecular weight excluding hydrogens is 326 g/mol. The van der Waals surface area contributed by atoms with Gasteiger partial charge in [0.2, 0.25) is 0 Å². The third-order valence-corrected chi connectivity index (χ3v) is 2.71. The Labute approximate surface area is 97.7 Å². The van der Waals surface area contributed by atoms with Crippen molar-refractivity contribution < 1.29 is 22.6 Å². The maximum atomic E-state index is 12.5. The normalized spacial score (nSPS) is 11.3. The largest absolute Gasteiger partial charge is 0.490 e. The third kappa shape index (κ3) is 2.44. The Hall–Kier alpha value is -0.730. The molecule has 0 N–H and O–H groups in total. The average molecular weight is 333 g/mol. The van der Waals surface area contributed by atoms with Crippen LogP contribution < -0.4 is 9.47 Å². The molecule has 0 aromatic carbocycles. The van der Waals surface area contributed by atoms with Crippen LogP contribution in [0.15, 0.2) is 6.20 Å². The van der Waals surface area contributed by atoms with Crippen molar-refractivity contribution in [2.24, 2.45) is 0 Å². The van der Waals surface area contributed by atoms with Crippen LogP contribution in [0.5, 0.6) is 11.6 Å². The number of ether oxygens (including phenoxy) is 2. The quantitative estimate of drug-likeness (QED) is 0.780. The van der Waals surface area contributed by atoms with Crippen molar-refractivity contribution in [3.8, 4) is 11.6 Å². The predicted molar refractivity (Wildman–Crippen MR) is 55.1 cm³/mol. The molecule has 0 amide bonds. The van der Waals surface area contributed by atoms with Crippen molar-refractivity contribution in [1.82, 2.24) is 4.98 Å². The average Bonchev–Trinajstić information content (AvgIpc) is 2.15. The highest BCUT2D eigenvalue weighted by molar-refractivity contribution is 14.1. The lowest BCUT2D eigenvalue weighted by atomic mass is 10.2. The Morgan fingerprint density at radius 2 is 1.87 bits per heavy atom. The summed E-state index contributed by atoms with van der Waals surface area (Å²) in [5.41, 5.74) is -0.833. The van der Waals surface area contributed by atoms with Gasteiger partial charge in [0.25, 0.3) is 5.88 Å². The van der Waals surface area contributed by atoms with Crippen molar-refractivity contribution in [1.29, 1.82) is 0 Å². The highest BCUT2D eigenvalue weighted by Crippen LogP contribution is 2.39. The van der Waals surface area contributed by atoms with Crippen molar-refractivity contribution in [3.63, 3.8) is 0 Å². The van der Waals surface area contributed by atoms with Crippen molar-refractivity contribution in [2.75, 3.05) is 14.2 Å². The molecule has 0 bridgehead atoms. The molecule has 0 spiro atoms. The molecule has 15 heavy (non-hydrogen) atoms. The zero-order chi connectivity index (χ0) is 11.6. The molecule has 0 atom stereocenters. The molecule has 7 heteroatoms. The first-order valence-electron chi connectivity index (χ1n) is 3.75. The van der Waals surface area contributed by atoms with Crippen molar-refractivity contribution in [3.05, 3.63) is 15.3 Å². The van der Waals surface area contributed by atoms with Gasteiger partial charge >= 0.3 is 6.18 Å². The molecule has 0 aliphatic heterocycles. The van der Waals surface area contributed by atoms with Gasteiger partial charge < -0.3 is 9.47 Å². The second-order valence-electron chi connectivity index (χ2n) is 2.53. The van der Waals surface area contributed by atoms with E-state index in [-0.39, 0.29) is 15.2 Å². The Bertz CT molecular complexity index is 368. The maximum Gasteiger partial charge on any atom is 0.419 e. The fourth-order valence-electron chi connectivity index (χ4n) is 0.975. The zero-order valence-corrected chi connectivity index (χ0v) is 10.0. The highest BCUT2D eigenvalue weighted by atomic mass is 127. The first-order valence-corrected chi connectivity index (χ1v) is 4.83. The smallest absolute Gasteiger partial charge is 0.419 e. The zero-order valence-electron chi connectivity index (χ0n) is 7.85. The van der Waals surface area contributed by atoms with E-state index in [1.807, 2.05) is 0 Å². The monoisotopic (exact) mass is 333 g/mol. The highest BCUT2D eigenvalue weighted by Gasteiger charge is 2.35. The van der Waals surface area contributed by atoms with Crippen LogP contribution in [0.4, 0.5) is 13.2 Å². The van der Waals surface area contributed by atoms with Gasteiger partial charge in [-0.2, -0.15) is 13.2 Å². The molecule has 0 fully saturated rings. The summed E-state index contributed by atoms with van der Waals surface area (Å²) in [4.78, 5) is 3.52. The van der Waals surface area contributed by atoms with Gasteiger partial charge in [0.1, 0.15) is 0 Å². The van der Waals surface area contributed by atoms with E-state index in [4.69, 9.17) is 9.47 Å². The Balaban J connectivity index is 3.36. The summed E-state index contributed by atoms with van der Waals surface area (Å²) in [6, 6.07) is 0. The summed E-state index contributed by atoms with van der Waals surface area (Å²) in [5.74, 6) is 0.0304. The van der Waals surface area contributed by atoms with E-state index in [2.05, 4.69) is 4.98 Å². The van der Waals surface area contributed by atoms with Crippen molar-refractivity contribution >= 4 is 22.6 Å². The van der Waals surface area contributed by atoms with E-state index < -0.39 is 11.7 Å². The lowest BCUT2D eigenvalue weighted by Crippen LogP contribution is -2.10. The Kier molecular flexibility index (Phi) is 3.63. The first kappa shape index (κ1) is 12.3. The van der Waals surface area contributed by atoms with Crippen LogP contribution in [0.3, 0.4) is 0 Å². The number of alkyl halides is 3. The molecule has 1 aromatic heterocycles. The fraction of sp³-hybridized carbons (Fsp3) is 0.375. The minimum atomic E-state index is -4.44. The topological polar surface area (TPSA) is 31.4 Å². The molecule has 3 nitrogen and oxygen atoms in total. The van der Waals surface area contributed by atoms with Crippen LogP contribution >= 0.6 is 22.6 Å². The Morgan fingerprint density at radius 1 is 1.27 bits per heavy atom. The number of methoxy groups -OCH3 is 2. The van der Waals surface area contributed by atoms with Crippen LogP contribution in [0.2, 0.25) is 0 Å². The summed E-state index contributed by atoms with van der Waals surface area (Å²) in [5, 5.41) is 0. The second-order valence-corrected chi connectivity index (χ2v) is 3.60. The molecule has 1 rings (SSSR count). The summed E-state index contributed by atoms with van der Waals surface area (Å²) < 4.78 is 46.9. The first-order chi connectivity index (χ1) is 6.91. The lowest BCUT2D eigenvalue weighted by Gasteiger charge is -2.13. The number of rotatable bonds is 2. The van der Waals surface area contributed by atoms with Gasteiger partial charge in [0.05, 0.1) is 23.4 Å². The van der Waals surface area contributed by atoms with Crippen LogP contribution in [0.1, 0.15) is 5.56 Å². The molecule has 0 saturated heterocycles. The number of hydrogen-bond acceptors (Lipinski definition) is 3. The van der Waals surface area contributed by atoms with Crippen LogP contribution in [0.25, 0.3) is 0 Å². The molecule has 84 valence electrons. The summed E-state index contributed by atoms with van der Waals surface area (Å²) in [7, 11) is 2.58. The third-order valence-electron chi connectivity index (χ3n) is 1.64. The maximum absolute atomic E-state index is 12.5. The van der Waals surface area contributed by atoms with Crippen LogP contribution in [0, 0.1) is 3.57 Å². The van der Waals surface area contributed by atoms with Gasteiger partial charge in [0, 0.05) is 6.20 Å². The van der Waals surface area contributed by atoms with E-state index in [9.17, 15) is 13.2 Å². The van der Waals surface area contributed by atoms with Gasteiger partial charge in [-0.1, -0.05) is 0 Å². The van der Waals surface area contributed by atoms with E-state index in [0.717, 1.165) is 6.20 Å². The number of nitrogens with zero attached hydrogens (tertiary/aromatic N) is 1. The predicted octanol–water partition coefficient (Wildman–Crippen LogP) is 2.72. The van der Waals surface area contributed by atoms with Gasteiger partial charge in [-0.15, -0.1) is 0 Å². The SMILES string of the molecule is COc1ncc(C(F)(F)F)c(I)c1OC. The standard InChI is InChI=1S/C8H7F3INO2/c1-14-6-5(12)4(8(9,10)11)3-13-7(6)15-2/h3H,1-2H3. The molecule has 0 aliphatic rings. The van der Waals surface area contributed by atoms with E-state index in [1.165, 1.54) is 14.2 Å². The molecule has 1 aromatic rings. The molecule has 0 aliphatic carbocycles. The summed E-state index contributed by atoms with van der Waals surface area (Å²) in [6.45, 7) is 0. The van der Waals surface area contributed by atoms with Crippen LogP contribution in [-0.4, -0.2) is 19.2 Å². The van der Waals surface area contributed by atoms with Gasteiger partial charge in [-0.05, 0) is 22.6 Å². The fourth-order valence-corrected chi connectivity index (χ4v) is 1.87. The number of aromatic nitrogens is 1. The number of hydrogen-bond donors (Lipinski definition) is 0. The summed E-state index contributed by atoms with van der Waals surface area (Å²) in [6.07, 6.45) is -3.72. The Morgan fingerprint density at radius 3 is 2.27 bits per heavy atom. The van der Waals surface area contributed by atoms with E-state index in [1.54, 1.807) is 22.6 Å². The minimum Gasteiger partial charge on any atom is -0.490 e. The molecule has 1 heterocycles. The van der Waals surface area contributed by atoms with E-state index in [0.29, 0.717) is 0 Å². The molecule has 0 radical (unpaired) electrons. The van der Waals surface area contributed by atoms with Crippen LogP contribution in [-0.2, 0) is 6.18 Å². The molecule has 0 saturated carbocycles. The van der Waals surface area contributed by atoms with Gasteiger partial charge in [0.15, 0.2) is 5.75 Å². The second kappa shape index (κ2) is 4.42. The van der Waals surface area contributed by atoms with E-state index >= 15 is 0 Å². The van der Waals surface area contributed by atoms with Crippen molar-refractivity contribution in [2.45, 2.75) is 6.18 Å².